The molecule has 1 atom stereocenters. The van der Waals surface area contributed by atoms with Gasteiger partial charge < -0.3 is 20.4 Å². The Bertz CT molecular complexity index is 2560. The molecular weight excluding hydrogens is 830 g/mol. The highest BCUT2D eigenvalue weighted by atomic mass is 35.5. The van der Waals surface area contributed by atoms with Crippen molar-refractivity contribution in [3.63, 3.8) is 0 Å². The summed E-state index contributed by atoms with van der Waals surface area (Å²) < 4.78 is 30.3. The lowest BCUT2D eigenvalue weighted by Crippen LogP contribution is -2.46. The van der Waals surface area contributed by atoms with E-state index in [-0.39, 0.29) is 28.1 Å². The van der Waals surface area contributed by atoms with Gasteiger partial charge in [0.2, 0.25) is 0 Å². The summed E-state index contributed by atoms with van der Waals surface area (Å²) in [6.07, 6.45) is 2.08. The molecule has 3 heterocycles. The first kappa shape index (κ1) is 42.4. The zero-order valence-corrected chi connectivity index (χ0v) is 36.0. The number of thioether (sulfide) groups is 1. The topological polar surface area (TPSA) is 149 Å². The fourth-order valence-electron chi connectivity index (χ4n) is 7.86. The van der Waals surface area contributed by atoms with E-state index >= 15 is 0 Å². The number of hydrogen-bond donors (Lipinski definition) is 3. The van der Waals surface area contributed by atoms with Gasteiger partial charge in [-0.25, -0.2) is 18.4 Å². The molecule has 2 aliphatic rings. The lowest BCUT2D eigenvalue weighted by molar-refractivity contribution is -0.384. The van der Waals surface area contributed by atoms with Crippen LogP contribution in [0.5, 0.6) is 0 Å². The van der Waals surface area contributed by atoms with Crippen LogP contribution in [-0.2, 0) is 16.6 Å². The summed E-state index contributed by atoms with van der Waals surface area (Å²) >= 11 is 8.11. The average Bonchev–Trinajstić information content (AvgIpc) is 3.28. The number of halogens is 1. The summed E-state index contributed by atoms with van der Waals surface area (Å²) in [5.41, 5.74) is 5.02. The molecular formula is C45H48ClN9O4S2. The number of piperazine rings is 2. The van der Waals surface area contributed by atoms with Crippen molar-refractivity contribution in [3.05, 3.63) is 142 Å². The number of hydrogen-bond acceptors (Lipinski definition) is 12. The number of nitrogens with one attached hydrogen (secondary N) is 3. The van der Waals surface area contributed by atoms with Gasteiger partial charge in [-0.05, 0) is 77.7 Å². The summed E-state index contributed by atoms with van der Waals surface area (Å²) in [5, 5.41) is 20.4. The lowest BCUT2D eigenvalue weighted by Gasteiger charge is -2.36. The molecule has 0 bridgehead atoms. The van der Waals surface area contributed by atoms with E-state index in [0.717, 1.165) is 99.1 Å². The van der Waals surface area contributed by atoms with Crippen molar-refractivity contribution in [1.29, 1.82) is 0 Å². The van der Waals surface area contributed by atoms with E-state index in [1.54, 1.807) is 11.8 Å². The van der Waals surface area contributed by atoms with Gasteiger partial charge in [0.25, 0.3) is 15.7 Å². The van der Waals surface area contributed by atoms with Crippen molar-refractivity contribution < 1.29 is 13.3 Å². The van der Waals surface area contributed by atoms with Crippen LogP contribution in [0.1, 0.15) is 12.0 Å². The van der Waals surface area contributed by atoms with E-state index in [2.05, 4.69) is 64.3 Å². The van der Waals surface area contributed by atoms with Crippen molar-refractivity contribution in [2.75, 3.05) is 79.6 Å². The smallest absolute Gasteiger partial charge is 0.293 e. The number of nitro benzene ring substituents is 1. The second-order valence-corrected chi connectivity index (χ2v) is 18.5. The molecule has 0 spiro atoms. The van der Waals surface area contributed by atoms with Crippen LogP contribution in [0, 0.1) is 10.1 Å². The second kappa shape index (κ2) is 19.6. The van der Waals surface area contributed by atoms with Crippen molar-refractivity contribution in [2.24, 2.45) is 0 Å². The molecule has 2 fully saturated rings. The fraction of sp³-hybridized carbons (Fsp3) is 0.289. The van der Waals surface area contributed by atoms with Crippen LogP contribution in [0.4, 0.5) is 22.9 Å². The maximum absolute atomic E-state index is 13.8. The summed E-state index contributed by atoms with van der Waals surface area (Å²) in [5.74, 6) is 0.765. The van der Waals surface area contributed by atoms with Crippen molar-refractivity contribution >= 4 is 67.2 Å². The van der Waals surface area contributed by atoms with Crippen LogP contribution in [0.15, 0.2) is 131 Å². The highest BCUT2D eigenvalue weighted by Gasteiger charge is 2.26. The van der Waals surface area contributed by atoms with Crippen LogP contribution < -0.4 is 20.3 Å². The number of aromatic nitrogens is 2. The number of sulfonamides is 1. The monoisotopic (exact) mass is 877 g/mol. The third kappa shape index (κ3) is 10.8. The van der Waals surface area contributed by atoms with Gasteiger partial charge in [-0.2, -0.15) is 0 Å². The Morgan fingerprint density at radius 2 is 1.59 bits per heavy atom. The van der Waals surface area contributed by atoms with Crippen molar-refractivity contribution in [2.45, 2.75) is 28.8 Å². The molecule has 6 aromatic rings. The maximum atomic E-state index is 13.8. The van der Waals surface area contributed by atoms with E-state index < -0.39 is 14.9 Å². The standard InChI is InChI=1S/C45H48ClN9O4S2/c46-35-11-14-40(33-7-3-1-4-8-33)34(27-35)30-53-23-25-54(26-24-53)37-12-15-41-43(28-37)48-32-49-45(41)51-61(58,59)39-13-16-42(44(29-39)55(56)57)50-36(17-20-52-21-18-47-19-22-52)31-60-38-9-5-2-6-10-38/h1-16,27-29,32,36,47,50H,17-26,30-31H2,(H,48,49,51)/t36-/m1/s1. The second-order valence-electron chi connectivity index (χ2n) is 15.2. The molecule has 2 aliphatic heterocycles. The first-order valence-electron chi connectivity index (χ1n) is 20.4. The minimum absolute atomic E-state index is 0.0906. The molecule has 316 valence electrons. The number of anilines is 3. The maximum Gasteiger partial charge on any atom is 0.293 e. The molecule has 13 nitrogen and oxygen atoms in total. The Labute approximate surface area is 365 Å². The van der Waals surface area contributed by atoms with Crippen LogP contribution in [-0.4, -0.2) is 104 Å². The van der Waals surface area contributed by atoms with Gasteiger partial charge in [0.1, 0.15) is 12.0 Å². The number of fused-ring (bicyclic) bond motifs is 1. The predicted molar refractivity (Wildman–Crippen MR) is 246 cm³/mol. The average molecular weight is 879 g/mol. The van der Waals surface area contributed by atoms with Crippen molar-refractivity contribution in [3.8, 4) is 11.1 Å². The molecule has 0 saturated carbocycles. The summed E-state index contributed by atoms with van der Waals surface area (Å²) in [7, 11) is -4.28. The van der Waals surface area contributed by atoms with Crippen LogP contribution >= 0.6 is 23.4 Å². The third-order valence-corrected chi connectivity index (χ3v) is 13.9. The molecule has 0 aliphatic carbocycles. The number of nitro groups is 1. The minimum atomic E-state index is -4.28. The summed E-state index contributed by atoms with van der Waals surface area (Å²) in [4.78, 5) is 28.6. The Morgan fingerprint density at radius 1 is 0.836 bits per heavy atom. The molecule has 0 radical (unpaired) electrons. The van der Waals surface area contributed by atoms with Crippen LogP contribution in [0.25, 0.3) is 22.0 Å². The number of nitrogens with zero attached hydrogens (tertiary/aromatic N) is 6. The highest BCUT2D eigenvalue weighted by molar-refractivity contribution is 7.99. The molecule has 16 heteroatoms. The zero-order valence-electron chi connectivity index (χ0n) is 33.6. The summed E-state index contributed by atoms with van der Waals surface area (Å²) in [6, 6.07) is 36.0. The van der Waals surface area contributed by atoms with E-state index in [9.17, 15) is 18.5 Å². The predicted octanol–water partition coefficient (Wildman–Crippen LogP) is 7.85. The van der Waals surface area contributed by atoms with Gasteiger partial charge in [0.15, 0.2) is 5.82 Å². The largest absolute Gasteiger partial charge is 0.376 e. The van der Waals surface area contributed by atoms with Crippen molar-refractivity contribution in [1.82, 2.24) is 25.1 Å². The molecule has 61 heavy (non-hydrogen) atoms. The molecule has 2 saturated heterocycles. The normalized spacial score (nSPS) is 15.7. The van der Waals surface area contributed by atoms with Gasteiger partial charge in [-0.3, -0.25) is 19.7 Å². The molecule has 0 unspecified atom stereocenters. The highest BCUT2D eigenvalue weighted by Crippen LogP contribution is 2.33. The Hall–Kier alpha value is -5.29. The fourth-order valence-corrected chi connectivity index (χ4v) is 10.1. The quantitative estimate of drug-likeness (QED) is 0.0494. The van der Waals surface area contributed by atoms with E-state index in [4.69, 9.17) is 11.6 Å². The van der Waals surface area contributed by atoms with Gasteiger partial charge in [0, 0.05) is 104 Å². The third-order valence-electron chi connectivity index (χ3n) is 11.2. The van der Waals surface area contributed by atoms with Crippen LogP contribution in [0.3, 0.4) is 0 Å². The van der Waals surface area contributed by atoms with E-state index in [1.165, 1.54) is 29.6 Å². The Morgan fingerprint density at radius 3 is 2.34 bits per heavy atom. The van der Waals surface area contributed by atoms with Gasteiger partial charge >= 0.3 is 0 Å². The summed E-state index contributed by atoms with van der Waals surface area (Å²) in [6.45, 7) is 8.65. The molecule has 1 aromatic heterocycles. The zero-order chi connectivity index (χ0) is 42.2. The van der Waals surface area contributed by atoms with Gasteiger partial charge in [-0.15, -0.1) is 11.8 Å². The lowest BCUT2D eigenvalue weighted by atomic mass is 9.99. The van der Waals surface area contributed by atoms with Crippen LogP contribution in [0.2, 0.25) is 5.02 Å². The minimum Gasteiger partial charge on any atom is -0.376 e. The number of benzene rings is 5. The Balaban J connectivity index is 0.939. The first-order chi connectivity index (χ1) is 29.7. The molecule has 5 aromatic carbocycles. The SMILES string of the molecule is O=[N+]([O-])c1cc(S(=O)(=O)Nc2ncnc3cc(N4CCN(Cc5cc(Cl)ccc5-c5ccccc5)CC4)ccc23)ccc1N[C@H](CCN1CCNCC1)CSc1ccccc1. The Kier molecular flexibility index (Phi) is 13.6. The van der Waals surface area contributed by atoms with E-state index in [0.29, 0.717) is 16.7 Å². The molecule has 3 N–H and O–H groups in total. The number of rotatable bonds is 16. The first-order valence-corrected chi connectivity index (χ1v) is 23.3. The van der Waals surface area contributed by atoms with Gasteiger partial charge in [0.05, 0.1) is 15.3 Å². The van der Waals surface area contributed by atoms with Gasteiger partial charge in [-0.1, -0.05) is 66.2 Å². The molecule has 8 rings (SSSR count). The van der Waals surface area contributed by atoms with E-state index in [1.807, 2.05) is 72.8 Å². The molecule has 0 amide bonds.